The summed E-state index contributed by atoms with van der Waals surface area (Å²) in [4.78, 5) is 111. The summed E-state index contributed by atoms with van der Waals surface area (Å²) in [5, 5.41) is 49.6. The van der Waals surface area contributed by atoms with Crippen LogP contribution in [-0.2, 0) is 43.2 Å². The molecule has 1 aliphatic rings. The van der Waals surface area contributed by atoms with E-state index >= 15 is 0 Å². The molecule has 1 aliphatic heterocycles. The van der Waals surface area contributed by atoms with E-state index in [9.17, 15) is 58.8 Å². The normalized spacial score (nSPS) is 19.6. The summed E-state index contributed by atoms with van der Waals surface area (Å²) in [5.74, 6) is -7.58. The zero-order chi connectivity index (χ0) is 36.4. The van der Waals surface area contributed by atoms with Crippen LogP contribution in [0.5, 0.6) is 0 Å². The van der Waals surface area contributed by atoms with Crippen molar-refractivity contribution < 1.29 is 43.2 Å². The Morgan fingerprint density at radius 1 is 0.531 bits per heavy atom. The molecule has 1 rings (SSSR count). The fourth-order valence-electron chi connectivity index (χ4n) is 4.16. The molecule has 22 heteroatoms. The van der Waals surface area contributed by atoms with Crippen molar-refractivity contribution in [2.75, 3.05) is 39.3 Å². The van der Waals surface area contributed by atoms with Crippen molar-refractivity contribution >= 4 is 73.0 Å². The molecule has 0 bridgehead atoms. The summed E-state index contributed by atoms with van der Waals surface area (Å²) in [6.07, 6.45) is -0.885. The van der Waals surface area contributed by atoms with E-state index in [1.54, 1.807) is 0 Å². The van der Waals surface area contributed by atoms with Gasteiger partial charge in [-0.1, -0.05) is 0 Å². The van der Waals surface area contributed by atoms with Crippen LogP contribution < -0.4 is 31.9 Å². The van der Waals surface area contributed by atoms with E-state index in [1.807, 2.05) is 0 Å². The fourth-order valence-corrected chi connectivity index (χ4v) is 4.16. The van der Waals surface area contributed by atoms with Crippen LogP contribution in [0.4, 0.5) is 0 Å². The van der Waals surface area contributed by atoms with Crippen LogP contribution in [0.25, 0.3) is 0 Å². The van der Waals surface area contributed by atoms with E-state index in [1.165, 1.54) is 0 Å². The van der Waals surface area contributed by atoms with E-state index < -0.39 is 90.9 Å². The van der Waals surface area contributed by atoms with E-state index in [0.29, 0.717) is 0 Å². The first-order valence-corrected chi connectivity index (χ1v) is 15.1. The zero-order valence-electron chi connectivity index (χ0n) is 27.5. The molecule has 0 aromatic carbocycles. The minimum atomic E-state index is -1.46. The van der Waals surface area contributed by atoms with Crippen LogP contribution in [0.1, 0.15) is 59.3 Å². The Balaban J connectivity index is 0.0000230. The molecule has 270 valence electrons. The molecule has 0 spiro atoms. The summed E-state index contributed by atoms with van der Waals surface area (Å²) in [5.41, 5.74) is 0. The smallest absolute Gasteiger partial charge is 0.756 e. The molecule has 1 heterocycles. The first-order valence-electron chi connectivity index (χ1n) is 15.1. The van der Waals surface area contributed by atoms with Gasteiger partial charge in [0, 0.05) is 40.4 Å². The quantitative estimate of drug-likeness (QED) is 0.0817. The summed E-state index contributed by atoms with van der Waals surface area (Å²) < 4.78 is 0. The maximum Gasteiger partial charge on any atom is 3.00 e. The molecule has 0 radical (unpaired) electrons. The van der Waals surface area contributed by atoms with Gasteiger partial charge in [0.1, 0.15) is 18.1 Å². The Labute approximate surface area is 295 Å². The van der Waals surface area contributed by atoms with E-state index in [0.717, 1.165) is 20.8 Å². The molecule has 0 aromatic rings. The van der Waals surface area contributed by atoms with Gasteiger partial charge in [-0.3, -0.25) is 43.2 Å². The number of nitrogens with one attached hydrogen (secondary N) is 6. The maximum atomic E-state index is 13.5. The third-order valence-electron chi connectivity index (χ3n) is 6.85. The van der Waals surface area contributed by atoms with Crippen LogP contribution in [0.15, 0.2) is 0 Å². The van der Waals surface area contributed by atoms with Gasteiger partial charge in [-0.2, -0.15) is 0 Å². The van der Waals surface area contributed by atoms with Crippen molar-refractivity contribution in [1.82, 2.24) is 47.1 Å². The monoisotopic (exact) mass is 753 g/mol. The van der Waals surface area contributed by atoms with Crippen molar-refractivity contribution in [3.05, 3.63) is 15.6 Å². The summed E-state index contributed by atoms with van der Waals surface area (Å²) in [6.45, 7) is 0.246. The van der Waals surface area contributed by atoms with Crippen LogP contribution >= 0.6 is 0 Å². The van der Waals surface area contributed by atoms with Crippen molar-refractivity contribution in [1.29, 1.82) is 0 Å². The molecule has 1 saturated heterocycles. The second-order valence-electron chi connectivity index (χ2n) is 10.8. The second-order valence-corrected chi connectivity index (χ2v) is 10.8. The maximum absolute atomic E-state index is 13.5. The van der Waals surface area contributed by atoms with Crippen LogP contribution in [0.3, 0.4) is 0 Å². The van der Waals surface area contributed by atoms with E-state index in [-0.39, 0.29) is 93.1 Å². The molecule has 49 heavy (non-hydrogen) atoms. The number of rotatable bonds is 12. The molecule has 0 aromatic heterocycles. The van der Waals surface area contributed by atoms with Gasteiger partial charge >= 0.3 is 19.8 Å². The Hall–Kier alpha value is -4.25. The molecule has 1 fully saturated rings. The summed E-state index contributed by atoms with van der Waals surface area (Å²) in [7, 11) is 0. The SMILES string of the molecule is CC(=O)N([O-])CCCC1NC(=O)CNC(=O)CNC(=O)CNC(=O)C(CCCN([O-])C(C)=O)NC(=O)C(CCCN([O-])C(C)=O)NC1=O.[Ga+3]. The van der Waals surface area contributed by atoms with Gasteiger partial charge in [0.25, 0.3) is 0 Å². The van der Waals surface area contributed by atoms with E-state index in [4.69, 9.17) is 0 Å². The van der Waals surface area contributed by atoms with Crippen LogP contribution in [0.2, 0.25) is 0 Å². The molecule has 0 aliphatic carbocycles. The number of hydroxylamine groups is 6. The van der Waals surface area contributed by atoms with Crippen molar-refractivity contribution in [2.24, 2.45) is 0 Å². The molecule has 3 unspecified atom stereocenters. The summed E-state index contributed by atoms with van der Waals surface area (Å²) >= 11 is 0. The van der Waals surface area contributed by atoms with Gasteiger partial charge in [-0.15, -0.1) is 0 Å². The Bertz CT molecular complexity index is 1180. The third kappa shape index (κ3) is 18.2. The first kappa shape index (κ1) is 44.7. The summed E-state index contributed by atoms with van der Waals surface area (Å²) in [6, 6.07) is -4.26. The second kappa shape index (κ2) is 23.2. The standard InChI is InChI=1S/C27H42N9O12.Ga/c1-16(37)34(46)10-4-7-19-25(43)30-14-23(41)28-13-22(40)29-15-24(42)31-20(8-5-11-35(47)17(2)38)26(44)33-21(27(45)32-19)9-6-12-36(48)18(3)39;/h19-21H,4-15H2,1-3H3,(H,28,41)(H,29,40)(H,30,43)(H,31,42)(H,32,45)(H,33,44);/q-3;+3. The van der Waals surface area contributed by atoms with Gasteiger partial charge in [0.05, 0.1) is 19.6 Å². The average Bonchev–Trinajstić information content (AvgIpc) is 3.02. The zero-order valence-corrected chi connectivity index (χ0v) is 30.0. The largest absolute Gasteiger partial charge is 3.00 e. The number of carbonyl (C=O) groups is 9. The van der Waals surface area contributed by atoms with Crippen LogP contribution in [-0.4, -0.2) is 146 Å². The minimum absolute atomic E-state index is 0. The van der Waals surface area contributed by atoms with Gasteiger partial charge in [-0.25, -0.2) is 0 Å². The molecule has 21 nitrogen and oxygen atoms in total. The Kier molecular flexibility index (Phi) is 21.2. The number of amides is 9. The molecular weight excluding hydrogens is 712 g/mol. The number of nitrogens with zero attached hydrogens (tertiary/aromatic N) is 3. The number of hydrogen-bond donors (Lipinski definition) is 6. The number of hydrogen-bond acceptors (Lipinski definition) is 12. The predicted octanol–water partition coefficient (Wildman–Crippen LogP) is -4.20. The topological polar surface area (TPSA) is 305 Å². The molecular formula is C27H42GaN9O12. The Morgan fingerprint density at radius 2 is 0.837 bits per heavy atom. The number of carbonyl (C=O) groups excluding carboxylic acids is 9. The minimum Gasteiger partial charge on any atom is -0.756 e. The van der Waals surface area contributed by atoms with Gasteiger partial charge < -0.3 is 62.7 Å². The van der Waals surface area contributed by atoms with Gasteiger partial charge in [-0.05, 0) is 38.5 Å². The van der Waals surface area contributed by atoms with Crippen molar-refractivity contribution in [3.8, 4) is 0 Å². The Morgan fingerprint density at radius 3 is 1.20 bits per heavy atom. The third-order valence-corrected chi connectivity index (χ3v) is 6.85. The first-order chi connectivity index (χ1) is 22.5. The molecule has 6 N–H and O–H groups in total. The molecule has 9 amide bonds. The van der Waals surface area contributed by atoms with Crippen LogP contribution in [0, 0.1) is 15.6 Å². The average molecular weight is 754 g/mol. The molecule has 0 saturated carbocycles. The molecule has 3 atom stereocenters. The van der Waals surface area contributed by atoms with E-state index in [2.05, 4.69) is 31.9 Å². The predicted molar refractivity (Wildman–Crippen MR) is 171 cm³/mol. The van der Waals surface area contributed by atoms with Gasteiger partial charge in [0.15, 0.2) is 0 Å². The fraction of sp³-hybridized carbons (Fsp3) is 0.667. The van der Waals surface area contributed by atoms with Crippen molar-refractivity contribution in [2.45, 2.75) is 77.4 Å². The van der Waals surface area contributed by atoms with Gasteiger partial charge in [0.2, 0.25) is 53.2 Å². The van der Waals surface area contributed by atoms with Crippen molar-refractivity contribution in [3.63, 3.8) is 0 Å².